The Morgan fingerprint density at radius 2 is 1.67 bits per heavy atom. The molecule has 0 unspecified atom stereocenters. The third kappa shape index (κ3) is 4.30. The molecule has 1 aliphatic heterocycles. The van der Waals surface area contributed by atoms with Crippen LogP contribution in [0.1, 0.15) is 46.5 Å². The third-order valence-electron chi connectivity index (χ3n) is 6.15. The predicted octanol–water partition coefficient (Wildman–Crippen LogP) is 3.28. The molecule has 0 N–H and O–H groups in total. The molecule has 2 heterocycles. The van der Waals surface area contributed by atoms with Gasteiger partial charge in [0.15, 0.2) is 0 Å². The Morgan fingerprint density at radius 3 is 2.17 bits per heavy atom. The smallest absolute Gasteiger partial charge is 0.243 e. The summed E-state index contributed by atoms with van der Waals surface area (Å²) in [7, 11) is -1.85. The molecule has 3 rings (SSSR count). The monoisotopic (exact) mass is 433 g/mol. The molecular formula is C22H31N3O4S. The molecule has 1 aromatic heterocycles. The summed E-state index contributed by atoms with van der Waals surface area (Å²) in [5, 5.41) is 3.94. The number of hydrogen-bond acceptors (Lipinski definition) is 5. The van der Waals surface area contributed by atoms with Crippen LogP contribution in [0.3, 0.4) is 0 Å². The van der Waals surface area contributed by atoms with Gasteiger partial charge in [0, 0.05) is 32.1 Å². The van der Waals surface area contributed by atoms with Crippen LogP contribution >= 0.6 is 0 Å². The SMILES string of the molecule is Cc1cc(CN(C)C(=O)C2CCN(S(=O)(=O)c3c(C)c(C)cc(C)c3C)CC2)no1. The van der Waals surface area contributed by atoms with Gasteiger partial charge in [-0.05, 0) is 69.7 Å². The van der Waals surface area contributed by atoms with Crippen LogP contribution < -0.4 is 0 Å². The van der Waals surface area contributed by atoms with E-state index < -0.39 is 10.0 Å². The van der Waals surface area contributed by atoms with Gasteiger partial charge >= 0.3 is 0 Å². The lowest BCUT2D eigenvalue weighted by molar-refractivity contribution is -0.136. The summed E-state index contributed by atoms with van der Waals surface area (Å²) >= 11 is 0. The van der Waals surface area contributed by atoms with E-state index in [0.29, 0.717) is 48.8 Å². The van der Waals surface area contributed by atoms with Gasteiger partial charge in [-0.15, -0.1) is 0 Å². The van der Waals surface area contributed by atoms with Crippen molar-refractivity contribution in [3.63, 3.8) is 0 Å². The number of carbonyl (C=O) groups is 1. The zero-order chi connectivity index (χ0) is 22.2. The summed E-state index contributed by atoms with van der Waals surface area (Å²) in [5.41, 5.74) is 4.28. The Balaban J connectivity index is 1.70. The second kappa shape index (κ2) is 8.51. The van der Waals surface area contributed by atoms with Gasteiger partial charge in [0.25, 0.3) is 0 Å². The first-order chi connectivity index (χ1) is 14.0. The quantitative estimate of drug-likeness (QED) is 0.723. The fraction of sp³-hybridized carbons (Fsp3) is 0.545. The highest BCUT2D eigenvalue weighted by atomic mass is 32.2. The minimum Gasteiger partial charge on any atom is -0.361 e. The van der Waals surface area contributed by atoms with E-state index in [2.05, 4.69) is 5.16 Å². The summed E-state index contributed by atoms with van der Waals surface area (Å²) in [4.78, 5) is 14.9. The van der Waals surface area contributed by atoms with Crippen LogP contribution in [0.25, 0.3) is 0 Å². The van der Waals surface area contributed by atoms with E-state index >= 15 is 0 Å². The molecule has 0 radical (unpaired) electrons. The molecule has 7 nitrogen and oxygen atoms in total. The van der Waals surface area contributed by atoms with Crippen LogP contribution in [0, 0.1) is 40.5 Å². The highest BCUT2D eigenvalue weighted by Gasteiger charge is 2.35. The van der Waals surface area contributed by atoms with E-state index in [0.717, 1.165) is 22.3 Å². The van der Waals surface area contributed by atoms with Gasteiger partial charge in [0.1, 0.15) is 11.5 Å². The van der Waals surface area contributed by atoms with Crippen LogP contribution in [0.2, 0.25) is 0 Å². The number of carbonyl (C=O) groups excluding carboxylic acids is 1. The molecule has 1 aliphatic rings. The lowest BCUT2D eigenvalue weighted by Gasteiger charge is -2.33. The van der Waals surface area contributed by atoms with E-state index in [-0.39, 0.29) is 11.8 Å². The first kappa shape index (κ1) is 22.5. The van der Waals surface area contributed by atoms with Crippen molar-refractivity contribution in [3.05, 3.63) is 45.8 Å². The molecular weight excluding hydrogens is 402 g/mol. The van der Waals surface area contributed by atoms with Crippen LogP contribution in [-0.2, 0) is 21.4 Å². The molecule has 1 saturated heterocycles. The first-order valence-electron chi connectivity index (χ1n) is 10.3. The van der Waals surface area contributed by atoms with Crippen molar-refractivity contribution in [2.75, 3.05) is 20.1 Å². The van der Waals surface area contributed by atoms with E-state index in [1.807, 2.05) is 46.8 Å². The van der Waals surface area contributed by atoms with E-state index in [9.17, 15) is 13.2 Å². The van der Waals surface area contributed by atoms with Crippen molar-refractivity contribution in [1.29, 1.82) is 0 Å². The van der Waals surface area contributed by atoms with Crippen LogP contribution in [-0.4, -0.2) is 48.8 Å². The standard InChI is InChI=1S/C22H31N3O4S/c1-14-11-15(2)18(5)21(17(14)4)30(27,28)25-9-7-19(8-10-25)22(26)24(6)13-20-12-16(3)29-23-20/h11-12,19H,7-10,13H2,1-6H3. The number of aromatic nitrogens is 1. The number of amides is 1. The maximum absolute atomic E-state index is 13.4. The van der Waals surface area contributed by atoms with Crippen LogP contribution in [0.15, 0.2) is 21.6 Å². The lowest BCUT2D eigenvalue weighted by Crippen LogP contribution is -2.43. The molecule has 1 fully saturated rings. The minimum atomic E-state index is -3.60. The first-order valence-corrected chi connectivity index (χ1v) is 11.7. The highest BCUT2D eigenvalue weighted by Crippen LogP contribution is 2.31. The highest BCUT2D eigenvalue weighted by molar-refractivity contribution is 7.89. The normalized spacial score (nSPS) is 16.1. The number of rotatable bonds is 5. The molecule has 164 valence electrons. The minimum absolute atomic E-state index is 0.0199. The largest absolute Gasteiger partial charge is 0.361 e. The molecule has 1 aromatic carbocycles. The van der Waals surface area contributed by atoms with Crippen molar-refractivity contribution < 1.29 is 17.7 Å². The van der Waals surface area contributed by atoms with Gasteiger partial charge in [0.05, 0.1) is 11.4 Å². The molecule has 0 spiro atoms. The van der Waals surface area contributed by atoms with Crippen LogP contribution in [0.5, 0.6) is 0 Å². The number of hydrogen-bond donors (Lipinski definition) is 0. The van der Waals surface area contributed by atoms with Crippen molar-refractivity contribution in [2.24, 2.45) is 5.92 Å². The second-order valence-corrected chi connectivity index (χ2v) is 10.3. The van der Waals surface area contributed by atoms with Crippen LogP contribution in [0.4, 0.5) is 0 Å². The number of aryl methyl sites for hydroxylation is 3. The van der Waals surface area contributed by atoms with Gasteiger partial charge in [-0.25, -0.2) is 8.42 Å². The number of piperidine rings is 1. The Hall–Kier alpha value is -2.19. The topological polar surface area (TPSA) is 83.7 Å². The molecule has 0 aliphatic carbocycles. The van der Waals surface area contributed by atoms with Crippen molar-refractivity contribution in [2.45, 2.75) is 58.9 Å². The summed E-state index contributed by atoms with van der Waals surface area (Å²) in [6, 6.07) is 3.84. The summed E-state index contributed by atoms with van der Waals surface area (Å²) in [6.45, 7) is 10.5. The molecule has 0 atom stereocenters. The zero-order valence-corrected chi connectivity index (χ0v) is 19.5. The molecule has 1 amide bonds. The van der Waals surface area contributed by atoms with Gasteiger partial charge in [-0.3, -0.25) is 4.79 Å². The molecule has 8 heteroatoms. The Bertz CT molecular complexity index is 1020. The predicted molar refractivity (Wildman–Crippen MR) is 115 cm³/mol. The van der Waals surface area contributed by atoms with Gasteiger partial charge < -0.3 is 9.42 Å². The van der Waals surface area contributed by atoms with Crippen molar-refractivity contribution >= 4 is 15.9 Å². The maximum atomic E-state index is 13.4. The maximum Gasteiger partial charge on any atom is 0.243 e. The van der Waals surface area contributed by atoms with E-state index in [1.165, 1.54) is 4.31 Å². The number of nitrogens with zero attached hydrogens (tertiary/aromatic N) is 3. The fourth-order valence-corrected chi connectivity index (χ4v) is 6.21. The summed E-state index contributed by atoms with van der Waals surface area (Å²) in [6.07, 6.45) is 1.03. The zero-order valence-electron chi connectivity index (χ0n) is 18.7. The summed E-state index contributed by atoms with van der Waals surface area (Å²) in [5.74, 6) is 0.545. The van der Waals surface area contributed by atoms with Gasteiger partial charge in [0.2, 0.25) is 15.9 Å². The number of benzene rings is 1. The fourth-order valence-electron chi connectivity index (χ4n) is 4.16. The average molecular weight is 434 g/mol. The average Bonchev–Trinajstić information content (AvgIpc) is 3.10. The second-order valence-electron chi connectivity index (χ2n) is 8.39. The summed E-state index contributed by atoms with van der Waals surface area (Å²) < 4.78 is 33.4. The van der Waals surface area contributed by atoms with E-state index in [4.69, 9.17) is 4.52 Å². The third-order valence-corrected chi connectivity index (χ3v) is 8.32. The molecule has 30 heavy (non-hydrogen) atoms. The van der Waals surface area contributed by atoms with Crippen molar-refractivity contribution in [3.8, 4) is 0 Å². The Labute approximate surface area is 179 Å². The number of sulfonamides is 1. The molecule has 2 aromatic rings. The molecule has 0 saturated carbocycles. The Kier molecular flexibility index (Phi) is 6.38. The molecule has 0 bridgehead atoms. The van der Waals surface area contributed by atoms with Crippen molar-refractivity contribution in [1.82, 2.24) is 14.4 Å². The van der Waals surface area contributed by atoms with Gasteiger partial charge in [-0.2, -0.15) is 4.31 Å². The Morgan fingerprint density at radius 1 is 1.10 bits per heavy atom. The van der Waals surface area contributed by atoms with E-state index in [1.54, 1.807) is 11.9 Å². The lowest BCUT2D eigenvalue weighted by atomic mass is 9.96. The van der Waals surface area contributed by atoms with Gasteiger partial charge in [-0.1, -0.05) is 11.2 Å².